The molecule has 0 radical (unpaired) electrons. The number of hydrogen-bond acceptors (Lipinski definition) is 4. The van der Waals surface area contributed by atoms with Crippen molar-refractivity contribution in [3.63, 3.8) is 0 Å². The van der Waals surface area contributed by atoms with Crippen LogP contribution in [0.2, 0.25) is 0 Å². The zero-order valence-corrected chi connectivity index (χ0v) is 16.4. The summed E-state index contributed by atoms with van der Waals surface area (Å²) < 4.78 is 1.87. The van der Waals surface area contributed by atoms with Gasteiger partial charge in [0.2, 0.25) is 5.95 Å². The minimum Gasteiger partial charge on any atom is -0.342 e. The summed E-state index contributed by atoms with van der Waals surface area (Å²) in [7, 11) is 0. The Balaban J connectivity index is 1.78. The Kier molecular flexibility index (Phi) is 4.48. The van der Waals surface area contributed by atoms with E-state index in [2.05, 4.69) is 4.90 Å². The standard InChI is InChI=1S/C22H25N3OS/c26-21-19-17-12-6-7-13-18(17)27-20(19)23-22(24-14-8-1-2-9-15-24)25(21)16-10-4-3-5-11-16/h3-5,10-11H,1-2,6-9,12-15H2. The van der Waals surface area contributed by atoms with Crippen LogP contribution >= 0.6 is 11.3 Å². The smallest absolute Gasteiger partial charge is 0.268 e. The largest absolute Gasteiger partial charge is 0.342 e. The number of benzene rings is 1. The molecule has 3 heterocycles. The molecular formula is C22H25N3OS. The number of aryl methyl sites for hydroxylation is 2. The maximum atomic E-state index is 13.7. The fourth-order valence-electron chi connectivity index (χ4n) is 4.49. The molecule has 1 saturated heterocycles. The molecular weight excluding hydrogens is 354 g/mol. The number of para-hydroxylation sites is 1. The molecule has 1 aliphatic heterocycles. The van der Waals surface area contributed by atoms with Gasteiger partial charge in [-0.3, -0.25) is 4.79 Å². The van der Waals surface area contributed by atoms with E-state index >= 15 is 0 Å². The second-order valence-corrected chi connectivity index (χ2v) is 8.76. The monoisotopic (exact) mass is 379 g/mol. The van der Waals surface area contributed by atoms with Gasteiger partial charge in [0.25, 0.3) is 5.56 Å². The van der Waals surface area contributed by atoms with Crippen molar-refractivity contribution in [1.29, 1.82) is 0 Å². The van der Waals surface area contributed by atoms with Gasteiger partial charge < -0.3 is 4.90 Å². The van der Waals surface area contributed by atoms with E-state index in [0.717, 1.165) is 47.8 Å². The maximum absolute atomic E-state index is 13.7. The lowest BCUT2D eigenvalue weighted by Crippen LogP contribution is -2.33. The molecule has 0 atom stereocenters. The number of nitrogens with zero attached hydrogens (tertiary/aromatic N) is 3. The van der Waals surface area contributed by atoms with Crippen LogP contribution in [0.3, 0.4) is 0 Å². The molecule has 27 heavy (non-hydrogen) atoms. The quantitative estimate of drug-likeness (QED) is 0.647. The highest BCUT2D eigenvalue weighted by Gasteiger charge is 2.25. The summed E-state index contributed by atoms with van der Waals surface area (Å²) in [6.45, 7) is 1.96. The van der Waals surface area contributed by atoms with Crippen molar-refractivity contribution < 1.29 is 0 Å². The third-order valence-electron chi connectivity index (χ3n) is 5.87. The normalized spacial score (nSPS) is 17.7. The molecule has 2 aromatic heterocycles. The van der Waals surface area contributed by atoms with Crippen molar-refractivity contribution in [3.8, 4) is 5.69 Å². The lowest BCUT2D eigenvalue weighted by atomic mass is 9.97. The van der Waals surface area contributed by atoms with Crippen molar-refractivity contribution in [1.82, 2.24) is 9.55 Å². The van der Waals surface area contributed by atoms with Crippen molar-refractivity contribution in [2.24, 2.45) is 0 Å². The third kappa shape index (κ3) is 2.98. The molecule has 1 fully saturated rings. The summed E-state index contributed by atoms with van der Waals surface area (Å²) in [6, 6.07) is 10.0. The fraction of sp³-hybridized carbons (Fsp3) is 0.455. The first kappa shape index (κ1) is 17.0. The van der Waals surface area contributed by atoms with E-state index in [1.165, 1.54) is 49.0 Å². The Labute approximate surface area is 163 Å². The van der Waals surface area contributed by atoms with Crippen molar-refractivity contribution in [2.75, 3.05) is 18.0 Å². The highest BCUT2D eigenvalue weighted by molar-refractivity contribution is 7.18. The van der Waals surface area contributed by atoms with E-state index in [-0.39, 0.29) is 5.56 Å². The summed E-state index contributed by atoms with van der Waals surface area (Å²) in [6.07, 6.45) is 9.39. The van der Waals surface area contributed by atoms with E-state index in [1.54, 1.807) is 11.3 Å². The first-order valence-corrected chi connectivity index (χ1v) is 11.0. The lowest BCUT2D eigenvalue weighted by molar-refractivity contribution is 0.699. The molecule has 0 saturated carbocycles. The van der Waals surface area contributed by atoms with E-state index in [9.17, 15) is 4.79 Å². The SMILES string of the molecule is O=c1c2c3c(sc2nc(N2CCCCCC2)n1-c1ccccc1)CCCC3. The van der Waals surface area contributed by atoms with Crippen LogP contribution in [0.25, 0.3) is 15.9 Å². The number of fused-ring (bicyclic) bond motifs is 3. The predicted molar refractivity (Wildman–Crippen MR) is 113 cm³/mol. The predicted octanol–water partition coefficient (Wildman–Crippen LogP) is 4.71. The second-order valence-electron chi connectivity index (χ2n) is 7.68. The Morgan fingerprint density at radius 3 is 2.41 bits per heavy atom. The first-order valence-electron chi connectivity index (χ1n) is 10.2. The number of hydrogen-bond donors (Lipinski definition) is 0. The van der Waals surface area contributed by atoms with Gasteiger partial charge in [0, 0.05) is 18.0 Å². The van der Waals surface area contributed by atoms with E-state index in [0.29, 0.717) is 0 Å². The van der Waals surface area contributed by atoms with Gasteiger partial charge in [-0.05, 0) is 56.2 Å². The van der Waals surface area contributed by atoms with Crippen LogP contribution in [0.1, 0.15) is 49.0 Å². The summed E-state index contributed by atoms with van der Waals surface area (Å²) in [4.78, 5) is 23.5. The average molecular weight is 380 g/mol. The van der Waals surface area contributed by atoms with Crippen LogP contribution in [0.4, 0.5) is 5.95 Å². The zero-order valence-electron chi connectivity index (χ0n) is 15.6. The number of aromatic nitrogens is 2. The molecule has 0 amide bonds. The molecule has 5 heteroatoms. The Morgan fingerprint density at radius 2 is 1.63 bits per heavy atom. The molecule has 1 aliphatic carbocycles. The topological polar surface area (TPSA) is 38.1 Å². The summed E-state index contributed by atoms with van der Waals surface area (Å²) in [5.74, 6) is 0.833. The van der Waals surface area contributed by atoms with Crippen molar-refractivity contribution >= 4 is 27.5 Å². The average Bonchev–Trinajstić information content (AvgIpc) is 2.87. The molecule has 0 spiro atoms. The van der Waals surface area contributed by atoms with Crippen LogP contribution in [-0.4, -0.2) is 22.6 Å². The van der Waals surface area contributed by atoms with Gasteiger partial charge in [0.1, 0.15) is 4.83 Å². The summed E-state index contributed by atoms with van der Waals surface area (Å²) in [5.41, 5.74) is 2.31. The molecule has 140 valence electrons. The zero-order chi connectivity index (χ0) is 18.2. The first-order chi connectivity index (χ1) is 13.3. The Bertz CT molecular complexity index is 1010. The van der Waals surface area contributed by atoms with Gasteiger partial charge in [0.15, 0.2) is 0 Å². The van der Waals surface area contributed by atoms with Crippen molar-refractivity contribution in [3.05, 3.63) is 51.1 Å². The van der Waals surface area contributed by atoms with Gasteiger partial charge in [-0.2, -0.15) is 0 Å². The fourth-order valence-corrected chi connectivity index (χ4v) is 5.73. The van der Waals surface area contributed by atoms with Gasteiger partial charge in [-0.1, -0.05) is 31.0 Å². The maximum Gasteiger partial charge on any atom is 0.268 e. The lowest BCUT2D eigenvalue weighted by Gasteiger charge is -2.25. The van der Waals surface area contributed by atoms with Crippen LogP contribution in [0.5, 0.6) is 0 Å². The van der Waals surface area contributed by atoms with Gasteiger partial charge >= 0.3 is 0 Å². The van der Waals surface area contributed by atoms with Gasteiger partial charge in [-0.15, -0.1) is 11.3 Å². The van der Waals surface area contributed by atoms with Crippen LogP contribution in [0, 0.1) is 0 Å². The molecule has 0 bridgehead atoms. The Morgan fingerprint density at radius 1 is 0.889 bits per heavy atom. The van der Waals surface area contributed by atoms with E-state index in [1.807, 2.05) is 34.9 Å². The number of rotatable bonds is 2. The molecule has 3 aromatic rings. The molecule has 4 nitrogen and oxygen atoms in total. The van der Waals surface area contributed by atoms with Crippen LogP contribution < -0.4 is 10.5 Å². The molecule has 0 unspecified atom stereocenters. The van der Waals surface area contributed by atoms with Gasteiger partial charge in [0.05, 0.1) is 11.1 Å². The highest BCUT2D eigenvalue weighted by Crippen LogP contribution is 2.35. The third-order valence-corrected chi connectivity index (χ3v) is 7.06. The van der Waals surface area contributed by atoms with Crippen LogP contribution in [-0.2, 0) is 12.8 Å². The molecule has 5 rings (SSSR count). The van der Waals surface area contributed by atoms with Gasteiger partial charge in [-0.25, -0.2) is 9.55 Å². The van der Waals surface area contributed by atoms with E-state index in [4.69, 9.17) is 4.98 Å². The number of thiophene rings is 1. The second kappa shape index (κ2) is 7.12. The highest BCUT2D eigenvalue weighted by atomic mass is 32.1. The van der Waals surface area contributed by atoms with Crippen molar-refractivity contribution in [2.45, 2.75) is 51.4 Å². The summed E-state index contributed by atoms with van der Waals surface area (Å²) >= 11 is 1.75. The summed E-state index contributed by atoms with van der Waals surface area (Å²) in [5, 5.41) is 0.872. The minimum absolute atomic E-state index is 0.116. The molecule has 2 aliphatic rings. The molecule has 0 N–H and O–H groups in total. The minimum atomic E-state index is 0.116. The van der Waals surface area contributed by atoms with E-state index < -0.39 is 0 Å². The Hall–Kier alpha value is -2.14. The number of anilines is 1. The molecule has 1 aromatic carbocycles. The van der Waals surface area contributed by atoms with Crippen LogP contribution in [0.15, 0.2) is 35.1 Å².